The highest BCUT2D eigenvalue weighted by molar-refractivity contribution is 5.97. The number of carbonyl (C=O) groups is 3. The number of hydrogen-bond acceptors (Lipinski definition) is 6. The maximum atomic E-state index is 14.7. The molecule has 8 nitrogen and oxygen atoms in total. The first-order valence-electron chi connectivity index (χ1n) is 15.4. The first kappa shape index (κ1) is 35.5. The number of aliphatic carboxylic acids is 1. The molecule has 2 aliphatic heterocycles. The molecule has 0 bridgehead atoms. The lowest BCUT2D eigenvalue weighted by molar-refractivity contribution is -0.316. The van der Waals surface area contributed by atoms with Crippen LogP contribution in [-0.2, 0) is 16.1 Å². The molecule has 2 heterocycles. The first-order chi connectivity index (χ1) is 21.9. The topological polar surface area (TPSA) is 110 Å². The van der Waals surface area contributed by atoms with Gasteiger partial charge in [-0.2, -0.15) is 4.39 Å². The molecule has 5 rings (SSSR count). The lowest BCUT2D eigenvalue weighted by Crippen LogP contribution is -2.41. The molecule has 2 saturated heterocycles. The van der Waals surface area contributed by atoms with E-state index >= 15 is 0 Å². The van der Waals surface area contributed by atoms with Gasteiger partial charge in [-0.15, -0.1) is 0 Å². The van der Waals surface area contributed by atoms with Crippen molar-refractivity contribution >= 4 is 23.5 Å². The third kappa shape index (κ3) is 9.12. The van der Waals surface area contributed by atoms with Crippen molar-refractivity contribution in [1.29, 1.82) is 0 Å². The zero-order valence-corrected chi connectivity index (χ0v) is 27.2. The average molecular weight is 654 g/mol. The van der Waals surface area contributed by atoms with Gasteiger partial charge in [0, 0.05) is 62.1 Å². The molecule has 3 aromatic carbocycles. The smallest absolute Gasteiger partial charge is 0.335 e. The van der Waals surface area contributed by atoms with Crippen molar-refractivity contribution in [1.82, 2.24) is 4.90 Å². The second-order valence-corrected chi connectivity index (χ2v) is 13.7. The Morgan fingerprint density at radius 3 is 2.06 bits per heavy atom. The third-order valence-electron chi connectivity index (χ3n) is 8.33. The van der Waals surface area contributed by atoms with Gasteiger partial charge in [0.15, 0.2) is 0 Å². The van der Waals surface area contributed by atoms with Gasteiger partial charge < -0.3 is 24.6 Å². The van der Waals surface area contributed by atoms with Crippen molar-refractivity contribution in [3.8, 4) is 16.9 Å². The maximum Gasteiger partial charge on any atom is 0.335 e. The third-order valence-corrected chi connectivity index (χ3v) is 8.33. The van der Waals surface area contributed by atoms with E-state index in [2.05, 4.69) is 4.90 Å². The number of aromatic carboxylic acids is 1. The largest absolute Gasteiger partial charge is 0.550 e. The lowest BCUT2D eigenvalue weighted by atomic mass is 9.77. The van der Waals surface area contributed by atoms with Gasteiger partial charge in [0.1, 0.15) is 17.4 Å². The molecule has 47 heavy (non-hydrogen) atoms. The SMILES string of the molecule is CC(C)(C)C(=O)[O-].CC(C)(F)Oc1ccc(-c2ccc(F)cc2F)c(CN2CCC3(CC2)CC(=O)N(c2ccc(C(=O)O)cc2)C3)c1. The maximum absolute atomic E-state index is 14.7. The Balaban J connectivity index is 0.000000644. The summed E-state index contributed by atoms with van der Waals surface area (Å²) in [6, 6.07) is 14.7. The Labute approximate surface area is 272 Å². The number of likely N-dealkylation sites (tertiary alicyclic amines) is 1. The number of amides is 1. The Morgan fingerprint density at radius 2 is 1.53 bits per heavy atom. The van der Waals surface area contributed by atoms with E-state index in [-0.39, 0.29) is 22.4 Å². The van der Waals surface area contributed by atoms with Crippen LogP contribution >= 0.6 is 0 Å². The van der Waals surface area contributed by atoms with Crippen LogP contribution in [0.1, 0.15) is 69.8 Å². The first-order valence-corrected chi connectivity index (χ1v) is 15.4. The summed E-state index contributed by atoms with van der Waals surface area (Å²) < 4.78 is 47.9. The predicted octanol–water partition coefficient (Wildman–Crippen LogP) is 6.22. The van der Waals surface area contributed by atoms with Gasteiger partial charge in [-0.1, -0.05) is 26.8 Å². The van der Waals surface area contributed by atoms with E-state index in [1.54, 1.807) is 56.0 Å². The van der Waals surface area contributed by atoms with E-state index in [0.29, 0.717) is 49.6 Å². The standard InChI is InChI=1S/C31H31F3N2O4.C5H10O2/c1-30(2,34)40-24-8-10-25(26-9-5-22(32)16-27(26)33)21(15-24)18-35-13-11-31(12-14-35)17-28(37)36(19-31)23-6-3-20(4-7-23)29(38)39;1-5(2,3)4(6)7/h3-10,15-16H,11-14,17-19H2,1-2H3,(H,38,39);1-3H3,(H,6,7)/p-1. The number of hydrogen-bond donors (Lipinski definition) is 1. The normalized spacial score (nSPS) is 16.5. The molecule has 0 unspecified atom stereocenters. The van der Waals surface area contributed by atoms with Gasteiger partial charge in [-0.3, -0.25) is 9.69 Å². The highest BCUT2D eigenvalue weighted by atomic mass is 19.2. The minimum Gasteiger partial charge on any atom is -0.550 e. The Hall–Kier alpha value is -4.38. The molecule has 1 spiro atoms. The highest BCUT2D eigenvalue weighted by Gasteiger charge is 2.45. The van der Waals surface area contributed by atoms with Crippen LogP contribution in [0.5, 0.6) is 5.75 Å². The van der Waals surface area contributed by atoms with E-state index in [1.807, 2.05) is 0 Å². The Morgan fingerprint density at radius 1 is 0.936 bits per heavy atom. The van der Waals surface area contributed by atoms with Crippen LogP contribution in [0, 0.1) is 22.5 Å². The number of carbonyl (C=O) groups excluding carboxylic acids is 2. The van der Waals surface area contributed by atoms with E-state index in [0.717, 1.165) is 24.5 Å². The summed E-state index contributed by atoms with van der Waals surface area (Å²) in [6.45, 7) is 9.81. The van der Waals surface area contributed by atoms with E-state index in [9.17, 15) is 32.7 Å². The zero-order valence-electron chi connectivity index (χ0n) is 27.2. The van der Waals surface area contributed by atoms with Gasteiger partial charge in [-0.05, 0) is 91.0 Å². The molecule has 2 aliphatic rings. The quantitative estimate of drug-likeness (QED) is 0.323. The fraction of sp³-hybridized carbons (Fsp3) is 0.417. The van der Waals surface area contributed by atoms with Gasteiger partial charge in [0.05, 0.1) is 5.56 Å². The van der Waals surface area contributed by atoms with E-state index in [1.165, 1.54) is 38.1 Å². The molecule has 0 saturated carbocycles. The molecular weight excluding hydrogens is 613 g/mol. The van der Waals surface area contributed by atoms with Gasteiger partial charge in [0.25, 0.3) is 0 Å². The van der Waals surface area contributed by atoms with E-state index in [4.69, 9.17) is 9.84 Å². The molecule has 1 amide bonds. The number of piperidine rings is 1. The predicted molar refractivity (Wildman–Crippen MR) is 169 cm³/mol. The van der Waals surface area contributed by atoms with Crippen molar-refractivity contribution in [3.05, 3.63) is 83.4 Å². The Bertz CT molecular complexity index is 1620. The van der Waals surface area contributed by atoms with Crippen LogP contribution in [0.15, 0.2) is 60.7 Å². The number of rotatable bonds is 7. The molecule has 0 aliphatic carbocycles. The monoisotopic (exact) mass is 653 g/mol. The fourth-order valence-electron chi connectivity index (χ4n) is 5.69. The number of benzene rings is 3. The average Bonchev–Trinajstić information content (AvgIpc) is 3.29. The Kier molecular flexibility index (Phi) is 10.4. The van der Waals surface area contributed by atoms with Gasteiger partial charge >= 0.3 is 5.97 Å². The van der Waals surface area contributed by atoms with Crippen LogP contribution in [0.4, 0.5) is 18.9 Å². The van der Waals surface area contributed by atoms with E-state index < -0.39 is 34.8 Å². The summed E-state index contributed by atoms with van der Waals surface area (Å²) in [6.07, 6.45) is 1.97. The van der Waals surface area contributed by atoms with Crippen molar-refractivity contribution in [2.75, 3.05) is 24.5 Å². The van der Waals surface area contributed by atoms with Crippen molar-refractivity contribution in [2.24, 2.45) is 10.8 Å². The van der Waals surface area contributed by atoms with Crippen molar-refractivity contribution in [2.45, 2.75) is 66.3 Å². The molecular formula is C36H40F3N2O6-. The number of carboxylic acid groups (broad SMARTS) is 2. The molecule has 252 valence electrons. The molecule has 0 atom stereocenters. The second kappa shape index (κ2) is 13.8. The summed E-state index contributed by atoms with van der Waals surface area (Å²) in [5, 5.41) is 19.1. The van der Waals surface area contributed by atoms with Gasteiger partial charge in [-0.25, -0.2) is 13.6 Å². The second-order valence-electron chi connectivity index (χ2n) is 13.7. The highest BCUT2D eigenvalue weighted by Crippen LogP contribution is 2.43. The van der Waals surface area contributed by atoms with Crippen LogP contribution in [-0.4, -0.2) is 53.3 Å². The number of alkyl halides is 1. The summed E-state index contributed by atoms with van der Waals surface area (Å²) in [5.41, 5.74) is 1.53. The minimum absolute atomic E-state index is 0.0179. The zero-order chi connectivity index (χ0) is 34.7. The number of ether oxygens (including phenoxy) is 1. The van der Waals surface area contributed by atoms with Crippen LogP contribution in [0.2, 0.25) is 0 Å². The molecule has 1 N–H and O–H groups in total. The van der Waals surface area contributed by atoms with Crippen LogP contribution in [0.3, 0.4) is 0 Å². The molecule has 3 aromatic rings. The lowest BCUT2D eigenvalue weighted by Gasteiger charge is -2.39. The summed E-state index contributed by atoms with van der Waals surface area (Å²) >= 11 is 0. The molecule has 0 radical (unpaired) electrons. The van der Waals surface area contributed by atoms with Crippen LogP contribution in [0.25, 0.3) is 11.1 Å². The molecule has 11 heteroatoms. The summed E-state index contributed by atoms with van der Waals surface area (Å²) in [4.78, 5) is 38.0. The van der Waals surface area contributed by atoms with Crippen LogP contribution < -0.4 is 14.7 Å². The fourth-order valence-corrected chi connectivity index (χ4v) is 5.69. The number of anilines is 1. The summed E-state index contributed by atoms with van der Waals surface area (Å²) in [7, 11) is 0. The molecule has 0 aromatic heterocycles. The van der Waals surface area contributed by atoms with Crippen molar-refractivity contribution in [3.63, 3.8) is 0 Å². The number of carboxylic acids is 2. The van der Waals surface area contributed by atoms with Gasteiger partial charge in [0.2, 0.25) is 11.8 Å². The summed E-state index contributed by atoms with van der Waals surface area (Å²) in [5.74, 6) is -4.93. The molecule has 2 fully saturated rings. The number of halogens is 3. The minimum atomic E-state index is -1.90. The number of nitrogens with zero attached hydrogens (tertiary/aromatic N) is 2. The van der Waals surface area contributed by atoms with Crippen molar-refractivity contribution < 1.29 is 42.5 Å².